The third kappa shape index (κ3) is 1.13. The number of thiazole rings is 2. The molecule has 3 heterocycles. The molecule has 0 N–H and O–H groups in total. The highest BCUT2D eigenvalue weighted by Crippen LogP contribution is 2.33. The minimum atomic E-state index is 1.06. The van der Waals surface area contributed by atoms with Crippen LogP contribution in [-0.2, 0) is 12.8 Å². The first-order valence-corrected chi connectivity index (χ1v) is 7.00. The molecule has 0 aliphatic heterocycles. The van der Waals surface area contributed by atoms with Gasteiger partial charge < -0.3 is 0 Å². The summed E-state index contributed by atoms with van der Waals surface area (Å²) in [5.41, 5.74) is 4.39. The summed E-state index contributed by atoms with van der Waals surface area (Å²) in [6, 6.07) is 0. The highest BCUT2D eigenvalue weighted by molar-refractivity contribution is 7.17. The molecule has 0 spiro atoms. The second kappa shape index (κ2) is 3.15. The van der Waals surface area contributed by atoms with Crippen molar-refractivity contribution in [3.8, 4) is 10.6 Å². The van der Waals surface area contributed by atoms with Crippen molar-refractivity contribution in [1.29, 1.82) is 0 Å². The van der Waals surface area contributed by atoms with E-state index in [2.05, 4.69) is 20.6 Å². The highest BCUT2D eigenvalue weighted by Gasteiger charge is 2.19. The summed E-state index contributed by atoms with van der Waals surface area (Å²) >= 11 is 3.49. The van der Waals surface area contributed by atoms with E-state index in [1.807, 2.05) is 23.0 Å². The standard InChI is InChI=1S/C11H9N3S2/c1-2-8-9(3-1)16-11-13-7(5-14(8)11)10-4-12-6-15-10/h4-6H,1-3H2. The lowest BCUT2D eigenvalue weighted by Crippen LogP contribution is -1.84. The molecule has 0 fully saturated rings. The fourth-order valence-corrected chi connectivity index (χ4v) is 4.03. The maximum atomic E-state index is 4.67. The topological polar surface area (TPSA) is 30.2 Å². The number of rotatable bonds is 1. The highest BCUT2D eigenvalue weighted by atomic mass is 32.1. The van der Waals surface area contributed by atoms with Crippen LogP contribution >= 0.6 is 22.7 Å². The van der Waals surface area contributed by atoms with Crippen molar-refractivity contribution in [1.82, 2.24) is 14.4 Å². The molecule has 0 saturated heterocycles. The molecule has 3 aromatic rings. The van der Waals surface area contributed by atoms with Gasteiger partial charge in [-0.3, -0.25) is 9.38 Å². The normalized spacial score (nSPS) is 14.8. The molecule has 0 saturated carbocycles. The van der Waals surface area contributed by atoms with Gasteiger partial charge in [0.2, 0.25) is 0 Å². The monoisotopic (exact) mass is 247 g/mol. The van der Waals surface area contributed by atoms with Crippen LogP contribution in [0.25, 0.3) is 15.5 Å². The summed E-state index contributed by atoms with van der Waals surface area (Å²) in [5, 5.41) is 0. The zero-order valence-corrected chi connectivity index (χ0v) is 10.1. The number of fused-ring (bicyclic) bond motifs is 3. The Hall–Kier alpha value is -1.20. The Labute approximate surface area is 100 Å². The zero-order chi connectivity index (χ0) is 10.5. The van der Waals surface area contributed by atoms with E-state index >= 15 is 0 Å². The van der Waals surface area contributed by atoms with E-state index in [-0.39, 0.29) is 0 Å². The minimum Gasteiger partial charge on any atom is -0.294 e. The summed E-state index contributed by atoms with van der Waals surface area (Å²) in [6.45, 7) is 0. The Bertz CT molecular complexity index is 648. The quantitative estimate of drug-likeness (QED) is 0.661. The van der Waals surface area contributed by atoms with Gasteiger partial charge in [-0.2, -0.15) is 0 Å². The van der Waals surface area contributed by atoms with Crippen molar-refractivity contribution >= 4 is 27.6 Å². The van der Waals surface area contributed by atoms with Crippen molar-refractivity contribution in [3.05, 3.63) is 28.5 Å². The first-order chi connectivity index (χ1) is 7.92. The summed E-state index contributed by atoms with van der Waals surface area (Å²) < 4.78 is 2.27. The molecule has 80 valence electrons. The van der Waals surface area contributed by atoms with Crippen LogP contribution in [0.3, 0.4) is 0 Å². The molecule has 0 radical (unpaired) electrons. The van der Waals surface area contributed by atoms with Crippen LogP contribution in [0.15, 0.2) is 17.9 Å². The second-order valence-corrected chi connectivity index (χ2v) is 5.92. The molecular formula is C11H9N3S2. The van der Waals surface area contributed by atoms with Crippen molar-refractivity contribution in [2.75, 3.05) is 0 Å². The van der Waals surface area contributed by atoms with Gasteiger partial charge in [0, 0.05) is 23.0 Å². The average molecular weight is 247 g/mol. The molecule has 4 rings (SSSR count). The fourth-order valence-electron chi connectivity index (χ4n) is 2.26. The smallest absolute Gasteiger partial charge is 0.194 e. The lowest BCUT2D eigenvalue weighted by molar-refractivity contribution is 0.888. The number of aryl methyl sites for hydroxylation is 2. The maximum Gasteiger partial charge on any atom is 0.194 e. The number of aromatic nitrogens is 3. The third-order valence-corrected chi connectivity index (χ3v) is 4.96. The van der Waals surface area contributed by atoms with E-state index in [0.29, 0.717) is 0 Å². The molecule has 0 amide bonds. The average Bonchev–Trinajstić information content (AvgIpc) is 2.98. The molecule has 5 heteroatoms. The van der Waals surface area contributed by atoms with E-state index in [9.17, 15) is 0 Å². The van der Waals surface area contributed by atoms with E-state index in [4.69, 9.17) is 0 Å². The largest absolute Gasteiger partial charge is 0.294 e. The van der Waals surface area contributed by atoms with Gasteiger partial charge in [-0.15, -0.1) is 22.7 Å². The predicted octanol–water partition coefficient (Wildman–Crippen LogP) is 3.01. The third-order valence-electron chi connectivity index (χ3n) is 3.00. The molecule has 3 aromatic heterocycles. The predicted molar refractivity (Wildman–Crippen MR) is 66.2 cm³/mol. The second-order valence-electron chi connectivity index (χ2n) is 3.97. The van der Waals surface area contributed by atoms with Gasteiger partial charge in [-0.1, -0.05) is 0 Å². The Kier molecular flexibility index (Phi) is 1.75. The lowest BCUT2D eigenvalue weighted by Gasteiger charge is -1.90. The summed E-state index contributed by atoms with van der Waals surface area (Å²) in [7, 11) is 0. The van der Waals surface area contributed by atoms with Gasteiger partial charge in [0.15, 0.2) is 4.96 Å². The molecule has 0 atom stereocenters. The van der Waals surface area contributed by atoms with Crippen molar-refractivity contribution in [2.24, 2.45) is 0 Å². The van der Waals surface area contributed by atoms with E-state index in [1.54, 1.807) is 11.3 Å². The Morgan fingerprint density at radius 3 is 3.19 bits per heavy atom. The van der Waals surface area contributed by atoms with Gasteiger partial charge in [0.05, 0.1) is 10.4 Å². The lowest BCUT2D eigenvalue weighted by atomic mass is 10.3. The van der Waals surface area contributed by atoms with Gasteiger partial charge >= 0.3 is 0 Å². The Morgan fingerprint density at radius 2 is 2.31 bits per heavy atom. The maximum absolute atomic E-state index is 4.67. The summed E-state index contributed by atoms with van der Waals surface area (Å²) in [5.74, 6) is 0. The van der Waals surface area contributed by atoms with Crippen LogP contribution in [0.5, 0.6) is 0 Å². The van der Waals surface area contributed by atoms with Crippen LogP contribution in [-0.4, -0.2) is 14.4 Å². The molecule has 0 bridgehead atoms. The first kappa shape index (κ1) is 8.90. The fraction of sp³-hybridized carbons (Fsp3) is 0.273. The minimum absolute atomic E-state index is 1.06. The van der Waals surface area contributed by atoms with Crippen molar-refractivity contribution < 1.29 is 0 Å². The van der Waals surface area contributed by atoms with Crippen molar-refractivity contribution in [2.45, 2.75) is 19.3 Å². The van der Waals surface area contributed by atoms with Gasteiger partial charge in [0.1, 0.15) is 5.69 Å². The van der Waals surface area contributed by atoms with Gasteiger partial charge in [-0.05, 0) is 19.3 Å². The van der Waals surface area contributed by atoms with E-state index in [1.165, 1.54) is 29.8 Å². The molecule has 3 nitrogen and oxygen atoms in total. The Balaban J connectivity index is 1.95. The number of imidazole rings is 1. The van der Waals surface area contributed by atoms with E-state index in [0.717, 1.165) is 15.5 Å². The van der Waals surface area contributed by atoms with Gasteiger partial charge in [-0.25, -0.2) is 4.98 Å². The molecule has 1 aliphatic rings. The SMILES string of the molecule is c1ncc(-c2cn3c4c(sc3n2)CCC4)s1. The van der Waals surface area contributed by atoms with Gasteiger partial charge in [0.25, 0.3) is 0 Å². The van der Waals surface area contributed by atoms with E-state index < -0.39 is 0 Å². The zero-order valence-electron chi connectivity index (χ0n) is 8.51. The number of nitrogens with zero attached hydrogens (tertiary/aromatic N) is 3. The van der Waals surface area contributed by atoms with Crippen LogP contribution in [0.4, 0.5) is 0 Å². The molecule has 1 aliphatic carbocycles. The van der Waals surface area contributed by atoms with Crippen LogP contribution in [0.2, 0.25) is 0 Å². The first-order valence-electron chi connectivity index (χ1n) is 5.30. The van der Waals surface area contributed by atoms with Crippen LogP contribution in [0, 0.1) is 0 Å². The van der Waals surface area contributed by atoms with Crippen LogP contribution in [0.1, 0.15) is 17.0 Å². The summed E-state index contributed by atoms with van der Waals surface area (Å²) in [6.07, 6.45) is 7.78. The molecular weight excluding hydrogens is 238 g/mol. The summed E-state index contributed by atoms with van der Waals surface area (Å²) in [4.78, 5) is 12.6. The molecule has 0 aromatic carbocycles. The Morgan fingerprint density at radius 1 is 1.31 bits per heavy atom. The molecule has 16 heavy (non-hydrogen) atoms. The number of hydrogen-bond donors (Lipinski definition) is 0. The number of hydrogen-bond acceptors (Lipinski definition) is 4. The van der Waals surface area contributed by atoms with Crippen LogP contribution < -0.4 is 0 Å². The molecule has 0 unspecified atom stereocenters. The van der Waals surface area contributed by atoms with Crippen molar-refractivity contribution in [3.63, 3.8) is 0 Å².